The van der Waals surface area contributed by atoms with E-state index in [-0.39, 0.29) is 6.29 Å². The second-order valence-corrected chi connectivity index (χ2v) is 5.65. The zero-order valence-electron chi connectivity index (χ0n) is 12.7. The van der Waals surface area contributed by atoms with Crippen molar-refractivity contribution in [3.8, 4) is 0 Å². The molecule has 6 heteroatoms. The molecule has 114 valence electrons. The van der Waals surface area contributed by atoms with Gasteiger partial charge in [-0.1, -0.05) is 11.6 Å². The molecule has 0 radical (unpaired) electrons. The van der Waals surface area contributed by atoms with Crippen molar-refractivity contribution < 1.29 is 9.47 Å². The summed E-state index contributed by atoms with van der Waals surface area (Å²) in [6.07, 6.45) is 1.42. The Morgan fingerprint density at radius 1 is 1.27 bits per heavy atom. The molecule has 0 aliphatic carbocycles. The van der Waals surface area contributed by atoms with Crippen molar-refractivity contribution in [3.63, 3.8) is 0 Å². The summed E-state index contributed by atoms with van der Waals surface area (Å²) in [5, 5.41) is 1.13. The molecule has 2 aromatic heterocycles. The number of nitrogens with one attached hydrogen (secondary N) is 1. The number of ether oxygens (including phenoxy) is 2. The van der Waals surface area contributed by atoms with Crippen LogP contribution >= 0.6 is 0 Å². The molecule has 1 N–H and O–H groups in total. The van der Waals surface area contributed by atoms with Crippen molar-refractivity contribution in [2.45, 2.75) is 13.2 Å². The van der Waals surface area contributed by atoms with E-state index in [1.54, 1.807) is 6.33 Å². The number of nitrogens with zero attached hydrogens (tertiary/aromatic N) is 3. The Labute approximate surface area is 128 Å². The van der Waals surface area contributed by atoms with Gasteiger partial charge < -0.3 is 19.4 Å². The third-order valence-corrected chi connectivity index (χ3v) is 3.99. The van der Waals surface area contributed by atoms with Gasteiger partial charge in [0.05, 0.1) is 19.8 Å². The number of aromatic nitrogens is 3. The van der Waals surface area contributed by atoms with Crippen LogP contribution in [-0.2, 0) is 9.47 Å². The number of hydrogen-bond acceptors (Lipinski definition) is 5. The first-order valence-corrected chi connectivity index (χ1v) is 7.40. The Hall–Kier alpha value is -2.18. The molecule has 3 aromatic rings. The van der Waals surface area contributed by atoms with Gasteiger partial charge in [0.2, 0.25) is 0 Å². The molecular formula is C16H18N4O2. The number of likely N-dealkylation sites (N-methyl/N-ethyl adjacent to an activating group) is 1. The molecule has 0 amide bonds. The highest BCUT2D eigenvalue weighted by Crippen LogP contribution is 2.29. The first-order chi connectivity index (χ1) is 10.7. The Balaban J connectivity index is 1.78. The summed E-state index contributed by atoms with van der Waals surface area (Å²) < 4.78 is 11.0. The van der Waals surface area contributed by atoms with Crippen molar-refractivity contribution in [2.24, 2.45) is 0 Å². The normalized spacial score (nSPS) is 15.9. The van der Waals surface area contributed by atoms with Gasteiger partial charge in [0.1, 0.15) is 17.4 Å². The molecule has 0 saturated carbocycles. The number of hydrogen-bond donors (Lipinski definition) is 1. The van der Waals surface area contributed by atoms with Crippen LogP contribution in [0.5, 0.6) is 0 Å². The van der Waals surface area contributed by atoms with Crippen LogP contribution in [0.25, 0.3) is 21.9 Å². The summed E-state index contributed by atoms with van der Waals surface area (Å²) in [5.41, 5.74) is 4.19. The minimum absolute atomic E-state index is 0.193. The largest absolute Gasteiger partial charge is 0.353 e. The number of aryl methyl sites for hydroxylation is 1. The first kappa shape index (κ1) is 13.5. The maximum atomic E-state index is 5.51. The van der Waals surface area contributed by atoms with Gasteiger partial charge in [0.15, 0.2) is 12.1 Å². The third-order valence-electron chi connectivity index (χ3n) is 3.99. The molecule has 1 aliphatic heterocycles. The number of anilines is 1. The summed E-state index contributed by atoms with van der Waals surface area (Å²) in [5.74, 6) is 0.859. The molecule has 4 rings (SSSR count). The predicted molar refractivity (Wildman–Crippen MR) is 85.1 cm³/mol. The Morgan fingerprint density at radius 2 is 2.09 bits per heavy atom. The maximum absolute atomic E-state index is 5.51. The minimum atomic E-state index is -0.193. The van der Waals surface area contributed by atoms with Crippen LogP contribution in [0.3, 0.4) is 0 Å². The van der Waals surface area contributed by atoms with Gasteiger partial charge in [0.25, 0.3) is 0 Å². The molecule has 6 nitrogen and oxygen atoms in total. The van der Waals surface area contributed by atoms with Crippen molar-refractivity contribution in [1.29, 1.82) is 0 Å². The summed E-state index contributed by atoms with van der Waals surface area (Å²) in [4.78, 5) is 14.4. The summed E-state index contributed by atoms with van der Waals surface area (Å²) in [6, 6.07) is 6.32. The molecule has 22 heavy (non-hydrogen) atoms. The standard InChI is InChI=1S/C16H18N4O2/c1-10-3-4-12-11(7-10)14-15(19-12)16(18-9-17-14)20(2)8-13-21-5-6-22-13/h3-4,7,9,13,19H,5-6,8H2,1-2H3. The van der Waals surface area contributed by atoms with Crippen LogP contribution in [0.1, 0.15) is 5.56 Å². The average Bonchev–Trinajstić information content (AvgIpc) is 3.14. The zero-order valence-corrected chi connectivity index (χ0v) is 12.7. The van der Waals surface area contributed by atoms with E-state index >= 15 is 0 Å². The van der Waals surface area contributed by atoms with Crippen LogP contribution in [0.4, 0.5) is 5.82 Å². The zero-order chi connectivity index (χ0) is 15.1. The van der Waals surface area contributed by atoms with E-state index in [9.17, 15) is 0 Å². The summed E-state index contributed by atoms with van der Waals surface area (Å²) >= 11 is 0. The molecular weight excluding hydrogens is 280 g/mol. The van der Waals surface area contributed by atoms with E-state index < -0.39 is 0 Å². The monoisotopic (exact) mass is 298 g/mol. The second-order valence-electron chi connectivity index (χ2n) is 5.65. The lowest BCUT2D eigenvalue weighted by atomic mass is 10.1. The van der Waals surface area contributed by atoms with Crippen LogP contribution in [0.2, 0.25) is 0 Å². The fourth-order valence-corrected chi connectivity index (χ4v) is 2.91. The number of fused-ring (bicyclic) bond motifs is 3. The molecule has 0 atom stereocenters. The van der Waals surface area contributed by atoms with Crippen LogP contribution in [0.15, 0.2) is 24.5 Å². The number of aromatic amines is 1. The summed E-state index contributed by atoms with van der Waals surface area (Å²) in [7, 11) is 1.99. The van der Waals surface area contributed by atoms with Gasteiger partial charge >= 0.3 is 0 Å². The van der Waals surface area contributed by atoms with Crippen LogP contribution < -0.4 is 4.90 Å². The average molecular weight is 298 g/mol. The summed E-state index contributed by atoms with van der Waals surface area (Å²) in [6.45, 7) is 4.04. The Kier molecular flexibility index (Phi) is 3.20. The number of rotatable bonds is 3. The molecule has 0 spiro atoms. The lowest BCUT2D eigenvalue weighted by Crippen LogP contribution is -2.30. The Bertz CT molecular complexity index is 823. The molecule has 1 aromatic carbocycles. The lowest BCUT2D eigenvalue weighted by molar-refractivity contribution is -0.0336. The number of H-pyrrole nitrogens is 1. The molecule has 1 saturated heterocycles. The quantitative estimate of drug-likeness (QED) is 0.803. The highest BCUT2D eigenvalue weighted by molar-refractivity contribution is 6.08. The van der Waals surface area contributed by atoms with Crippen molar-refractivity contribution >= 4 is 27.8 Å². The van der Waals surface area contributed by atoms with Crippen molar-refractivity contribution in [1.82, 2.24) is 15.0 Å². The fraction of sp³-hybridized carbons (Fsp3) is 0.375. The van der Waals surface area contributed by atoms with Gasteiger partial charge in [-0.15, -0.1) is 0 Å². The topological polar surface area (TPSA) is 63.3 Å². The van der Waals surface area contributed by atoms with Crippen molar-refractivity contribution in [2.75, 3.05) is 31.7 Å². The maximum Gasteiger partial charge on any atom is 0.175 e. The van der Waals surface area contributed by atoms with Gasteiger partial charge in [-0.2, -0.15) is 0 Å². The highest BCUT2D eigenvalue weighted by Gasteiger charge is 2.21. The van der Waals surface area contributed by atoms with Crippen LogP contribution in [-0.4, -0.2) is 48.0 Å². The van der Waals surface area contributed by atoms with Gasteiger partial charge in [-0.25, -0.2) is 9.97 Å². The molecule has 1 aliphatic rings. The fourth-order valence-electron chi connectivity index (χ4n) is 2.91. The Morgan fingerprint density at radius 3 is 2.91 bits per heavy atom. The van der Waals surface area contributed by atoms with E-state index in [1.807, 2.05) is 11.9 Å². The van der Waals surface area contributed by atoms with Crippen LogP contribution in [0, 0.1) is 6.92 Å². The van der Waals surface area contributed by atoms with Gasteiger partial charge in [0, 0.05) is 18.0 Å². The minimum Gasteiger partial charge on any atom is -0.353 e. The van der Waals surface area contributed by atoms with E-state index in [0.29, 0.717) is 19.8 Å². The highest BCUT2D eigenvalue weighted by atomic mass is 16.7. The number of benzene rings is 1. The molecule has 0 bridgehead atoms. The lowest BCUT2D eigenvalue weighted by Gasteiger charge is -2.21. The first-order valence-electron chi connectivity index (χ1n) is 7.40. The van der Waals surface area contributed by atoms with E-state index in [4.69, 9.17) is 9.47 Å². The predicted octanol–water partition coefficient (Wildman–Crippen LogP) is 2.23. The smallest absolute Gasteiger partial charge is 0.175 e. The van der Waals surface area contributed by atoms with Crippen molar-refractivity contribution in [3.05, 3.63) is 30.1 Å². The third kappa shape index (κ3) is 2.20. The van der Waals surface area contributed by atoms with Gasteiger partial charge in [-0.05, 0) is 19.1 Å². The van der Waals surface area contributed by atoms with E-state index in [1.165, 1.54) is 5.56 Å². The molecule has 3 heterocycles. The van der Waals surface area contributed by atoms with E-state index in [2.05, 4.69) is 40.1 Å². The SMILES string of the molecule is Cc1ccc2[nH]c3c(N(C)CC4OCCO4)ncnc3c2c1. The molecule has 1 fully saturated rings. The van der Waals surface area contributed by atoms with Gasteiger partial charge in [-0.3, -0.25) is 0 Å². The van der Waals surface area contributed by atoms with E-state index in [0.717, 1.165) is 27.8 Å². The second kappa shape index (κ2) is 5.23. The molecule has 0 unspecified atom stereocenters.